The summed E-state index contributed by atoms with van der Waals surface area (Å²) in [6.45, 7) is 3.73. The van der Waals surface area contributed by atoms with Crippen LogP contribution < -0.4 is 10.6 Å². The molecule has 0 aliphatic carbocycles. The Morgan fingerprint density at radius 3 is 2.53 bits per heavy atom. The zero-order valence-corrected chi connectivity index (χ0v) is 8.65. The molecule has 0 saturated carbocycles. The van der Waals surface area contributed by atoms with Gasteiger partial charge < -0.3 is 10.6 Å². The highest BCUT2D eigenvalue weighted by atomic mass is 16.2. The Hall–Kier alpha value is -1.84. The first kappa shape index (κ1) is 9.71. The average Bonchev–Trinajstić information content (AvgIpc) is 2.41. The lowest BCUT2D eigenvalue weighted by Crippen LogP contribution is -2.35. The summed E-state index contributed by atoms with van der Waals surface area (Å²) in [5.74, 6) is -0.991. The summed E-state index contributed by atoms with van der Waals surface area (Å²) in [6, 6.07) is 5.09. The number of nitrogens with zero attached hydrogens (tertiary/aromatic N) is 1. The monoisotopic (exact) mass is 204 g/mol. The van der Waals surface area contributed by atoms with Gasteiger partial charge in [0, 0.05) is 11.7 Å². The summed E-state index contributed by atoms with van der Waals surface area (Å²) < 4.78 is 0. The van der Waals surface area contributed by atoms with Crippen LogP contribution in [-0.4, -0.2) is 17.7 Å². The van der Waals surface area contributed by atoms with Gasteiger partial charge in [0.1, 0.15) is 0 Å². The molecule has 2 rings (SSSR count). The van der Waals surface area contributed by atoms with E-state index in [4.69, 9.17) is 5.73 Å². The third kappa shape index (κ3) is 1.21. The molecular weight excluding hydrogens is 192 g/mol. The van der Waals surface area contributed by atoms with Gasteiger partial charge in [0.2, 0.25) is 0 Å². The number of nitrogens with two attached hydrogens (primary N) is 1. The second-order valence-electron chi connectivity index (χ2n) is 3.84. The van der Waals surface area contributed by atoms with Gasteiger partial charge in [-0.2, -0.15) is 0 Å². The van der Waals surface area contributed by atoms with Crippen molar-refractivity contribution in [3.05, 3.63) is 23.8 Å². The topological polar surface area (TPSA) is 63.4 Å². The minimum atomic E-state index is -0.503. The van der Waals surface area contributed by atoms with Gasteiger partial charge in [-0.15, -0.1) is 0 Å². The number of nitrogen functional groups attached to an aromatic ring is 1. The number of ketones is 1. The summed E-state index contributed by atoms with van der Waals surface area (Å²) >= 11 is 0. The van der Waals surface area contributed by atoms with Gasteiger partial charge in [-0.3, -0.25) is 9.59 Å². The van der Waals surface area contributed by atoms with Gasteiger partial charge in [0.25, 0.3) is 11.7 Å². The zero-order valence-electron chi connectivity index (χ0n) is 8.65. The third-order valence-electron chi connectivity index (χ3n) is 2.49. The Morgan fingerprint density at radius 2 is 1.93 bits per heavy atom. The van der Waals surface area contributed by atoms with Crippen LogP contribution >= 0.6 is 0 Å². The quantitative estimate of drug-likeness (QED) is 0.552. The molecule has 0 atom stereocenters. The standard InChI is InChI=1S/C11H12N2O2/c1-6(2)13-8-5-3-4-7(12)9(8)10(14)11(13)15/h3-6H,12H2,1-2H3. The van der Waals surface area contributed by atoms with Crippen LogP contribution in [0.5, 0.6) is 0 Å². The molecule has 1 aromatic rings. The molecule has 0 radical (unpaired) electrons. The number of rotatable bonds is 1. The van der Waals surface area contributed by atoms with E-state index in [1.807, 2.05) is 13.8 Å². The lowest BCUT2D eigenvalue weighted by Gasteiger charge is -2.20. The molecule has 0 bridgehead atoms. The van der Waals surface area contributed by atoms with Gasteiger partial charge in [-0.1, -0.05) is 6.07 Å². The number of hydrogen-bond donors (Lipinski definition) is 1. The number of anilines is 2. The Kier molecular flexibility index (Phi) is 2.00. The maximum Gasteiger partial charge on any atom is 0.299 e. The molecule has 4 nitrogen and oxygen atoms in total. The number of benzene rings is 1. The molecule has 1 aromatic carbocycles. The molecule has 0 fully saturated rings. The summed E-state index contributed by atoms with van der Waals surface area (Å²) in [5.41, 5.74) is 7.03. The van der Waals surface area contributed by atoms with Crippen molar-refractivity contribution in [1.82, 2.24) is 0 Å². The van der Waals surface area contributed by atoms with E-state index in [1.165, 1.54) is 4.90 Å². The predicted molar refractivity (Wildman–Crippen MR) is 57.8 cm³/mol. The highest BCUT2D eigenvalue weighted by Crippen LogP contribution is 2.33. The minimum absolute atomic E-state index is 0.0375. The van der Waals surface area contributed by atoms with E-state index in [-0.39, 0.29) is 6.04 Å². The van der Waals surface area contributed by atoms with Gasteiger partial charge in [-0.25, -0.2) is 0 Å². The molecule has 0 saturated heterocycles. The Morgan fingerprint density at radius 1 is 1.27 bits per heavy atom. The van der Waals surface area contributed by atoms with Crippen LogP contribution in [0.1, 0.15) is 24.2 Å². The van der Waals surface area contributed by atoms with Crippen molar-refractivity contribution >= 4 is 23.1 Å². The second kappa shape index (κ2) is 3.08. The Bertz CT molecular complexity index is 452. The van der Waals surface area contributed by atoms with E-state index in [2.05, 4.69) is 0 Å². The average molecular weight is 204 g/mol. The van der Waals surface area contributed by atoms with E-state index >= 15 is 0 Å². The summed E-state index contributed by atoms with van der Waals surface area (Å²) in [5, 5.41) is 0. The van der Waals surface area contributed by atoms with Crippen LogP contribution in [0.15, 0.2) is 18.2 Å². The molecule has 0 spiro atoms. The first-order valence-electron chi connectivity index (χ1n) is 4.80. The van der Waals surface area contributed by atoms with Crippen LogP contribution in [0.4, 0.5) is 11.4 Å². The lowest BCUT2D eigenvalue weighted by atomic mass is 10.1. The zero-order chi connectivity index (χ0) is 11.2. The molecule has 4 heteroatoms. The smallest absolute Gasteiger partial charge is 0.299 e. The molecule has 78 valence electrons. The molecule has 1 amide bonds. The van der Waals surface area contributed by atoms with Crippen LogP contribution in [0.2, 0.25) is 0 Å². The van der Waals surface area contributed by atoms with Crippen molar-refractivity contribution in [2.24, 2.45) is 0 Å². The van der Waals surface area contributed by atoms with Crippen molar-refractivity contribution in [3.63, 3.8) is 0 Å². The van der Waals surface area contributed by atoms with Crippen LogP contribution in [0.3, 0.4) is 0 Å². The number of Topliss-reactive ketones (excluding diaryl/α,β-unsaturated/α-hetero) is 1. The molecule has 0 unspecified atom stereocenters. The number of amides is 1. The first-order chi connectivity index (χ1) is 7.04. The van der Waals surface area contributed by atoms with Crippen LogP contribution in [0, 0.1) is 0 Å². The summed E-state index contributed by atoms with van der Waals surface area (Å²) in [6.07, 6.45) is 0. The van der Waals surface area contributed by atoms with Crippen molar-refractivity contribution in [2.75, 3.05) is 10.6 Å². The van der Waals surface area contributed by atoms with Gasteiger partial charge >= 0.3 is 0 Å². The number of fused-ring (bicyclic) bond motifs is 1. The fraction of sp³-hybridized carbons (Fsp3) is 0.273. The van der Waals surface area contributed by atoms with Crippen LogP contribution in [0.25, 0.3) is 0 Å². The number of carbonyl (C=O) groups is 2. The van der Waals surface area contributed by atoms with E-state index in [0.717, 1.165) is 0 Å². The molecule has 2 N–H and O–H groups in total. The Balaban J connectivity index is 2.66. The fourth-order valence-corrected chi connectivity index (χ4v) is 1.84. The van der Waals surface area contributed by atoms with Crippen molar-refractivity contribution < 1.29 is 9.59 Å². The highest BCUT2D eigenvalue weighted by Gasteiger charge is 2.38. The molecule has 1 aliphatic heterocycles. The Labute approximate surface area is 87.7 Å². The maximum atomic E-state index is 11.7. The molecule has 1 heterocycles. The largest absolute Gasteiger partial charge is 0.398 e. The normalized spacial score (nSPS) is 15.0. The lowest BCUT2D eigenvalue weighted by molar-refractivity contribution is -0.114. The maximum absolute atomic E-state index is 11.7. The SMILES string of the molecule is CC(C)N1C(=O)C(=O)c2c(N)cccc21. The highest BCUT2D eigenvalue weighted by molar-refractivity contribution is 6.53. The number of hydrogen-bond acceptors (Lipinski definition) is 3. The predicted octanol–water partition coefficient (Wildman–Crippen LogP) is 1.21. The van der Waals surface area contributed by atoms with E-state index in [1.54, 1.807) is 18.2 Å². The van der Waals surface area contributed by atoms with Crippen molar-refractivity contribution in [2.45, 2.75) is 19.9 Å². The van der Waals surface area contributed by atoms with E-state index in [9.17, 15) is 9.59 Å². The van der Waals surface area contributed by atoms with Crippen molar-refractivity contribution in [3.8, 4) is 0 Å². The summed E-state index contributed by atoms with van der Waals surface area (Å²) in [4.78, 5) is 24.8. The van der Waals surface area contributed by atoms with Crippen LogP contribution in [-0.2, 0) is 4.79 Å². The molecule has 0 aromatic heterocycles. The minimum Gasteiger partial charge on any atom is -0.398 e. The third-order valence-corrected chi connectivity index (χ3v) is 2.49. The molecule has 1 aliphatic rings. The first-order valence-corrected chi connectivity index (χ1v) is 4.80. The van der Waals surface area contributed by atoms with Gasteiger partial charge in [0.15, 0.2) is 0 Å². The van der Waals surface area contributed by atoms with Gasteiger partial charge in [-0.05, 0) is 26.0 Å². The van der Waals surface area contributed by atoms with E-state index in [0.29, 0.717) is 16.9 Å². The fourth-order valence-electron chi connectivity index (χ4n) is 1.84. The molecular formula is C11H12N2O2. The second-order valence-corrected chi connectivity index (χ2v) is 3.84. The van der Waals surface area contributed by atoms with E-state index < -0.39 is 11.7 Å². The summed E-state index contributed by atoms with van der Waals surface area (Å²) in [7, 11) is 0. The van der Waals surface area contributed by atoms with Crippen molar-refractivity contribution in [1.29, 1.82) is 0 Å². The van der Waals surface area contributed by atoms with Gasteiger partial charge in [0.05, 0.1) is 11.3 Å². The number of carbonyl (C=O) groups excluding carboxylic acids is 2. The molecule has 15 heavy (non-hydrogen) atoms.